The smallest absolute Gasteiger partial charge is 0.260 e. The number of anilines is 1. The number of aromatic nitrogens is 1. The lowest BCUT2D eigenvalue weighted by Gasteiger charge is -2.23. The van der Waals surface area contributed by atoms with Gasteiger partial charge >= 0.3 is 0 Å². The van der Waals surface area contributed by atoms with Crippen molar-refractivity contribution < 1.29 is 17.9 Å². The number of carbonyl (C=O) groups excluding carboxylic acids is 1. The van der Waals surface area contributed by atoms with E-state index in [1.807, 2.05) is 48.7 Å². The van der Waals surface area contributed by atoms with Gasteiger partial charge < -0.3 is 9.30 Å². The molecule has 2 aromatic carbocycles. The van der Waals surface area contributed by atoms with E-state index in [0.717, 1.165) is 33.2 Å². The van der Waals surface area contributed by atoms with Crippen LogP contribution < -0.4 is 14.5 Å². The topological polar surface area (TPSA) is 93.0 Å². The van der Waals surface area contributed by atoms with Crippen molar-refractivity contribution in [1.29, 1.82) is 0 Å². The van der Waals surface area contributed by atoms with Crippen LogP contribution in [-0.2, 0) is 14.8 Å². The standard InChI is InChI=1S/C24H27ClN4O4S/c1-5-33-23-13-9-8-12-22(23)28(34(4,31)32)16-24(30)27-26-15-19-14-17(2)29(18(19)3)21-11-7-6-10-20(21)25/h6-15H,5,16H2,1-4H3,(H,27,30)/b26-15-. The monoisotopic (exact) mass is 502 g/mol. The summed E-state index contributed by atoms with van der Waals surface area (Å²) in [7, 11) is -3.75. The van der Waals surface area contributed by atoms with Gasteiger partial charge in [0.15, 0.2) is 0 Å². The number of rotatable bonds is 9. The van der Waals surface area contributed by atoms with Crippen molar-refractivity contribution >= 4 is 39.4 Å². The molecule has 180 valence electrons. The van der Waals surface area contributed by atoms with E-state index < -0.39 is 22.5 Å². The van der Waals surface area contributed by atoms with Crippen LogP contribution in [0.4, 0.5) is 5.69 Å². The van der Waals surface area contributed by atoms with E-state index in [-0.39, 0.29) is 5.69 Å². The minimum atomic E-state index is -3.75. The Morgan fingerprint density at radius 1 is 1.18 bits per heavy atom. The first-order valence-corrected chi connectivity index (χ1v) is 12.8. The normalized spacial score (nSPS) is 11.6. The number of halogens is 1. The molecule has 0 saturated heterocycles. The van der Waals surface area contributed by atoms with E-state index in [4.69, 9.17) is 16.3 Å². The molecule has 0 aliphatic carbocycles. The number of sulfonamides is 1. The summed E-state index contributed by atoms with van der Waals surface area (Å²) >= 11 is 6.35. The average molecular weight is 503 g/mol. The van der Waals surface area contributed by atoms with Gasteiger partial charge in [-0.2, -0.15) is 5.10 Å². The van der Waals surface area contributed by atoms with Gasteiger partial charge in [0.05, 0.1) is 35.5 Å². The molecule has 0 unspecified atom stereocenters. The molecule has 10 heteroatoms. The number of nitrogens with zero attached hydrogens (tertiary/aromatic N) is 3. The third-order valence-electron chi connectivity index (χ3n) is 5.08. The fourth-order valence-corrected chi connectivity index (χ4v) is 4.66. The number of carbonyl (C=O) groups is 1. The highest BCUT2D eigenvalue weighted by atomic mass is 35.5. The Balaban J connectivity index is 1.77. The molecule has 34 heavy (non-hydrogen) atoms. The summed E-state index contributed by atoms with van der Waals surface area (Å²) in [6, 6.07) is 16.1. The second-order valence-electron chi connectivity index (χ2n) is 7.58. The average Bonchev–Trinajstić information content (AvgIpc) is 3.05. The van der Waals surface area contributed by atoms with Crippen molar-refractivity contribution in [3.8, 4) is 11.4 Å². The van der Waals surface area contributed by atoms with Crippen LogP contribution in [0.2, 0.25) is 5.02 Å². The van der Waals surface area contributed by atoms with Crippen molar-refractivity contribution in [2.75, 3.05) is 23.7 Å². The molecule has 0 saturated carbocycles. The van der Waals surface area contributed by atoms with Crippen LogP contribution in [0.5, 0.6) is 5.75 Å². The van der Waals surface area contributed by atoms with Crippen LogP contribution in [0.3, 0.4) is 0 Å². The Labute approximate surface area is 204 Å². The molecule has 0 aliphatic heterocycles. The molecule has 8 nitrogen and oxygen atoms in total. The minimum absolute atomic E-state index is 0.286. The lowest BCUT2D eigenvalue weighted by Crippen LogP contribution is -2.39. The third kappa shape index (κ3) is 5.78. The van der Waals surface area contributed by atoms with Crippen molar-refractivity contribution in [3.05, 3.63) is 76.6 Å². The Hall–Kier alpha value is -3.30. The number of nitrogens with one attached hydrogen (secondary N) is 1. The van der Waals surface area contributed by atoms with Crippen LogP contribution in [0, 0.1) is 13.8 Å². The number of ether oxygens (including phenoxy) is 1. The molecule has 0 spiro atoms. The first-order valence-electron chi connectivity index (χ1n) is 10.6. The summed E-state index contributed by atoms with van der Waals surface area (Å²) in [6.45, 7) is 5.59. The van der Waals surface area contributed by atoms with Crippen LogP contribution >= 0.6 is 11.6 Å². The van der Waals surface area contributed by atoms with Gasteiger partial charge in [-0.1, -0.05) is 35.9 Å². The molecule has 0 bridgehead atoms. The molecular formula is C24H27ClN4O4S. The SMILES string of the molecule is CCOc1ccccc1N(CC(=O)N/N=C\c1cc(C)n(-c2ccccc2Cl)c1C)S(C)(=O)=O. The summed E-state index contributed by atoms with van der Waals surface area (Å²) in [5.74, 6) is -0.216. The van der Waals surface area contributed by atoms with Gasteiger partial charge in [-0.15, -0.1) is 0 Å². The zero-order valence-corrected chi connectivity index (χ0v) is 21.0. The number of benzene rings is 2. The molecular weight excluding hydrogens is 476 g/mol. The molecule has 1 N–H and O–H groups in total. The predicted octanol–water partition coefficient (Wildman–Crippen LogP) is 4.06. The van der Waals surface area contributed by atoms with E-state index in [1.54, 1.807) is 31.2 Å². The van der Waals surface area contributed by atoms with E-state index in [9.17, 15) is 13.2 Å². The van der Waals surface area contributed by atoms with E-state index >= 15 is 0 Å². The second-order valence-corrected chi connectivity index (χ2v) is 9.89. The molecule has 0 radical (unpaired) electrons. The highest BCUT2D eigenvalue weighted by Gasteiger charge is 2.23. The summed E-state index contributed by atoms with van der Waals surface area (Å²) in [6.07, 6.45) is 2.56. The minimum Gasteiger partial charge on any atom is -0.492 e. The zero-order chi connectivity index (χ0) is 24.9. The van der Waals surface area contributed by atoms with Gasteiger partial charge in [-0.3, -0.25) is 9.10 Å². The first-order chi connectivity index (χ1) is 16.1. The Morgan fingerprint density at radius 3 is 2.53 bits per heavy atom. The molecule has 0 fully saturated rings. The lowest BCUT2D eigenvalue weighted by atomic mass is 10.2. The first kappa shape index (κ1) is 25.3. The summed E-state index contributed by atoms with van der Waals surface area (Å²) in [4.78, 5) is 12.6. The summed E-state index contributed by atoms with van der Waals surface area (Å²) in [5, 5.41) is 4.66. The fraction of sp³-hybridized carbons (Fsp3) is 0.250. The number of para-hydroxylation sites is 3. The van der Waals surface area contributed by atoms with Crippen LogP contribution in [0.1, 0.15) is 23.9 Å². The highest BCUT2D eigenvalue weighted by Crippen LogP contribution is 2.29. The van der Waals surface area contributed by atoms with Gasteiger partial charge in [0.2, 0.25) is 10.0 Å². The quantitative estimate of drug-likeness (QED) is 0.352. The van der Waals surface area contributed by atoms with E-state index in [2.05, 4.69) is 10.5 Å². The third-order valence-corrected chi connectivity index (χ3v) is 6.52. The maximum atomic E-state index is 12.6. The van der Waals surface area contributed by atoms with Gasteiger partial charge in [-0.05, 0) is 51.1 Å². The van der Waals surface area contributed by atoms with Crippen molar-refractivity contribution in [2.24, 2.45) is 5.10 Å². The second kappa shape index (κ2) is 10.8. The largest absolute Gasteiger partial charge is 0.492 e. The molecule has 3 rings (SSSR count). The van der Waals surface area contributed by atoms with E-state index in [1.165, 1.54) is 6.21 Å². The summed E-state index contributed by atoms with van der Waals surface area (Å²) < 4.78 is 33.3. The molecule has 1 aromatic heterocycles. The number of hydrogen-bond donors (Lipinski definition) is 1. The molecule has 3 aromatic rings. The highest BCUT2D eigenvalue weighted by molar-refractivity contribution is 7.92. The molecule has 1 amide bonds. The van der Waals surface area contributed by atoms with Gasteiger partial charge in [-0.25, -0.2) is 13.8 Å². The number of hydrazone groups is 1. The fourth-order valence-electron chi connectivity index (χ4n) is 3.58. The number of aryl methyl sites for hydroxylation is 1. The van der Waals surface area contributed by atoms with Crippen LogP contribution in [-0.4, -0.2) is 44.5 Å². The van der Waals surface area contributed by atoms with Crippen molar-refractivity contribution in [3.63, 3.8) is 0 Å². The van der Waals surface area contributed by atoms with Crippen molar-refractivity contribution in [2.45, 2.75) is 20.8 Å². The number of hydrogen-bond acceptors (Lipinski definition) is 5. The Morgan fingerprint density at radius 2 is 1.85 bits per heavy atom. The Bertz CT molecular complexity index is 1320. The lowest BCUT2D eigenvalue weighted by molar-refractivity contribution is -0.119. The van der Waals surface area contributed by atoms with Crippen LogP contribution in [0.15, 0.2) is 59.7 Å². The van der Waals surface area contributed by atoms with Crippen molar-refractivity contribution in [1.82, 2.24) is 9.99 Å². The maximum Gasteiger partial charge on any atom is 0.260 e. The maximum absolute atomic E-state index is 12.6. The van der Waals surface area contributed by atoms with Gasteiger partial charge in [0.25, 0.3) is 5.91 Å². The summed E-state index contributed by atoms with van der Waals surface area (Å²) in [5.41, 5.74) is 6.18. The Kier molecular flexibility index (Phi) is 8.01. The zero-order valence-electron chi connectivity index (χ0n) is 19.4. The van der Waals surface area contributed by atoms with Crippen LogP contribution in [0.25, 0.3) is 5.69 Å². The van der Waals surface area contributed by atoms with Gasteiger partial charge in [0, 0.05) is 17.0 Å². The predicted molar refractivity (Wildman–Crippen MR) is 136 cm³/mol. The molecule has 1 heterocycles. The van der Waals surface area contributed by atoms with E-state index in [0.29, 0.717) is 17.4 Å². The number of amides is 1. The van der Waals surface area contributed by atoms with Gasteiger partial charge in [0.1, 0.15) is 12.3 Å². The molecule has 0 atom stereocenters. The molecule has 0 aliphatic rings.